The first-order valence-corrected chi connectivity index (χ1v) is 8.27. The molecule has 0 aliphatic heterocycles. The van der Waals surface area contributed by atoms with Crippen LogP contribution in [-0.2, 0) is 4.74 Å². The van der Waals surface area contributed by atoms with Crippen LogP contribution in [0.1, 0.15) is 22.5 Å². The van der Waals surface area contributed by atoms with E-state index in [4.69, 9.17) is 9.47 Å². The molecule has 0 saturated carbocycles. The van der Waals surface area contributed by atoms with Crippen LogP contribution in [0.15, 0.2) is 59.9 Å². The number of hydrogen-bond acceptors (Lipinski definition) is 4. The van der Waals surface area contributed by atoms with Gasteiger partial charge in [-0.2, -0.15) is 0 Å². The van der Waals surface area contributed by atoms with E-state index in [0.717, 1.165) is 39.7 Å². The van der Waals surface area contributed by atoms with E-state index in [0.29, 0.717) is 5.57 Å². The van der Waals surface area contributed by atoms with Gasteiger partial charge in [0, 0.05) is 22.4 Å². The second-order valence-electron chi connectivity index (χ2n) is 5.21. The van der Waals surface area contributed by atoms with Gasteiger partial charge in [-0.1, -0.05) is 18.2 Å². The van der Waals surface area contributed by atoms with Crippen LogP contribution < -0.4 is 4.74 Å². The van der Waals surface area contributed by atoms with E-state index in [1.54, 1.807) is 14.2 Å². The standard InChI is InChI=1S/C19H18O3S/c1-21-14-7-5-6-13(12-14)19(20)18-11-10-17(23-18)15-8-3-4-9-16(15)22-2/h3-4,6,8-12H,5,7H2,1-2H3. The molecule has 0 amide bonds. The van der Waals surface area contributed by atoms with Gasteiger partial charge in [-0.05, 0) is 36.8 Å². The first kappa shape index (κ1) is 15.6. The molecule has 2 aromatic rings. The molecular weight excluding hydrogens is 308 g/mol. The summed E-state index contributed by atoms with van der Waals surface area (Å²) in [5, 5.41) is 0. The van der Waals surface area contributed by atoms with Crippen molar-refractivity contribution >= 4 is 17.1 Å². The van der Waals surface area contributed by atoms with Crippen LogP contribution in [0.2, 0.25) is 0 Å². The van der Waals surface area contributed by atoms with E-state index in [2.05, 4.69) is 0 Å². The normalized spacial score (nSPS) is 14.0. The number of para-hydroxylation sites is 1. The van der Waals surface area contributed by atoms with Gasteiger partial charge in [0.15, 0.2) is 0 Å². The molecule has 1 aliphatic rings. The summed E-state index contributed by atoms with van der Waals surface area (Å²) in [6.07, 6.45) is 5.51. The third kappa shape index (κ3) is 3.22. The summed E-state index contributed by atoms with van der Waals surface area (Å²) in [7, 11) is 3.30. The lowest BCUT2D eigenvalue weighted by molar-refractivity contribution is 0.104. The van der Waals surface area contributed by atoms with Crippen molar-refractivity contribution in [3.63, 3.8) is 0 Å². The first-order valence-electron chi connectivity index (χ1n) is 7.45. The molecule has 118 valence electrons. The number of thiophene rings is 1. The van der Waals surface area contributed by atoms with E-state index in [9.17, 15) is 4.79 Å². The summed E-state index contributed by atoms with van der Waals surface area (Å²) in [5.41, 5.74) is 1.71. The van der Waals surface area contributed by atoms with Gasteiger partial charge in [0.25, 0.3) is 0 Å². The fourth-order valence-corrected chi connectivity index (χ4v) is 3.59. The first-order chi connectivity index (χ1) is 11.2. The van der Waals surface area contributed by atoms with Gasteiger partial charge in [0.05, 0.1) is 24.9 Å². The second kappa shape index (κ2) is 6.84. The molecule has 23 heavy (non-hydrogen) atoms. The van der Waals surface area contributed by atoms with Gasteiger partial charge in [-0.15, -0.1) is 11.3 Å². The molecule has 1 aromatic carbocycles. The number of ether oxygens (including phenoxy) is 2. The van der Waals surface area contributed by atoms with E-state index in [1.807, 2.05) is 48.6 Å². The van der Waals surface area contributed by atoms with Crippen molar-refractivity contribution in [2.45, 2.75) is 12.8 Å². The zero-order valence-corrected chi connectivity index (χ0v) is 14.0. The van der Waals surface area contributed by atoms with Gasteiger partial charge < -0.3 is 9.47 Å². The number of hydrogen-bond donors (Lipinski definition) is 0. The summed E-state index contributed by atoms with van der Waals surface area (Å²) < 4.78 is 10.7. The SMILES string of the molecule is COC1=CC(C(=O)c2ccc(-c3ccccc3OC)s2)=CCC1. The van der Waals surface area contributed by atoms with E-state index in [-0.39, 0.29) is 5.78 Å². The predicted octanol–water partition coefficient (Wildman–Crippen LogP) is 4.86. The Kier molecular flexibility index (Phi) is 4.63. The highest BCUT2D eigenvalue weighted by Gasteiger charge is 2.17. The maximum absolute atomic E-state index is 12.7. The summed E-state index contributed by atoms with van der Waals surface area (Å²) in [4.78, 5) is 14.4. The van der Waals surface area contributed by atoms with Crippen molar-refractivity contribution in [3.8, 4) is 16.2 Å². The van der Waals surface area contributed by atoms with Crippen molar-refractivity contribution < 1.29 is 14.3 Å². The van der Waals surface area contributed by atoms with Crippen molar-refractivity contribution in [2.24, 2.45) is 0 Å². The average Bonchev–Trinajstić information content (AvgIpc) is 3.11. The lowest BCUT2D eigenvalue weighted by Gasteiger charge is -2.11. The zero-order chi connectivity index (χ0) is 16.2. The van der Waals surface area contributed by atoms with Crippen molar-refractivity contribution in [1.29, 1.82) is 0 Å². The maximum Gasteiger partial charge on any atom is 0.202 e. The molecule has 0 radical (unpaired) electrons. The minimum atomic E-state index is 0.0467. The molecule has 0 bridgehead atoms. The van der Waals surface area contributed by atoms with Gasteiger partial charge in [-0.3, -0.25) is 4.79 Å². The highest BCUT2D eigenvalue weighted by Crippen LogP contribution is 2.35. The molecule has 1 aliphatic carbocycles. The van der Waals surface area contributed by atoms with Gasteiger partial charge >= 0.3 is 0 Å². The maximum atomic E-state index is 12.7. The summed E-state index contributed by atoms with van der Waals surface area (Å²) in [6.45, 7) is 0. The molecule has 0 N–H and O–H groups in total. The topological polar surface area (TPSA) is 35.5 Å². The molecule has 0 saturated heterocycles. The van der Waals surface area contributed by atoms with Crippen LogP contribution >= 0.6 is 11.3 Å². The van der Waals surface area contributed by atoms with Crippen molar-refractivity contribution in [3.05, 3.63) is 64.8 Å². The minimum Gasteiger partial charge on any atom is -0.501 e. The van der Waals surface area contributed by atoms with E-state index in [1.165, 1.54) is 11.3 Å². The second-order valence-corrected chi connectivity index (χ2v) is 6.29. The van der Waals surface area contributed by atoms with Crippen LogP contribution in [0.3, 0.4) is 0 Å². The van der Waals surface area contributed by atoms with Crippen LogP contribution in [0, 0.1) is 0 Å². The highest BCUT2D eigenvalue weighted by atomic mass is 32.1. The monoisotopic (exact) mass is 326 g/mol. The number of carbonyl (C=O) groups is 1. The molecular formula is C19H18O3S. The molecule has 0 fully saturated rings. The number of Topliss-reactive ketones (excluding diaryl/α,β-unsaturated/α-hetero) is 1. The van der Waals surface area contributed by atoms with Crippen molar-refractivity contribution in [1.82, 2.24) is 0 Å². The lowest BCUT2D eigenvalue weighted by atomic mass is 10.0. The number of methoxy groups -OCH3 is 2. The number of ketones is 1. The van der Waals surface area contributed by atoms with Crippen LogP contribution in [0.4, 0.5) is 0 Å². The van der Waals surface area contributed by atoms with Crippen LogP contribution in [0.5, 0.6) is 5.75 Å². The van der Waals surface area contributed by atoms with Gasteiger partial charge in [0.1, 0.15) is 5.75 Å². The molecule has 4 heteroatoms. The molecule has 0 unspecified atom stereocenters. The third-order valence-corrected chi connectivity index (χ3v) is 4.92. The Hall–Kier alpha value is -2.33. The molecule has 1 heterocycles. The number of rotatable bonds is 5. The Morgan fingerprint density at radius 1 is 1.09 bits per heavy atom. The van der Waals surface area contributed by atoms with Crippen LogP contribution in [0.25, 0.3) is 10.4 Å². The molecule has 3 rings (SSSR count). The fraction of sp³-hybridized carbons (Fsp3) is 0.211. The minimum absolute atomic E-state index is 0.0467. The quantitative estimate of drug-likeness (QED) is 0.736. The highest BCUT2D eigenvalue weighted by molar-refractivity contribution is 7.17. The lowest BCUT2D eigenvalue weighted by Crippen LogP contribution is -2.04. The summed E-state index contributed by atoms with van der Waals surface area (Å²) in [5.74, 6) is 1.72. The smallest absolute Gasteiger partial charge is 0.202 e. The van der Waals surface area contributed by atoms with Gasteiger partial charge in [-0.25, -0.2) is 0 Å². The Labute approximate surface area is 139 Å². The zero-order valence-electron chi connectivity index (χ0n) is 13.2. The average molecular weight is 326 g/mol. The van der Waals surface area contributed by atoms with Crippen molar-refractivity contribution in [2.75, 3.05) is 14.2 Å². The van der Waals surface area contributed by atoms with Gasteiger partial charge in [0.2, 0.25) is 5.78 Å². The Morgan fingerprint density at radius 2 is 1.91 bits per heavy atom. The summed E-state index contributed by atoms with van der Waals surface area (Å²) >= 11 is 1.49. The van der Waals surface area contributed by atoms with Crippen LogP contribution in [-0.4, -0.2) is 20.0 Å². The number of benzene rings is 1. The third-order valence-electron chi connectivity index (χ3n) is 3.80. The fourth-order valence-electron chi connectivity index (χ4n) is 2.59. The Morgan fingerprint density at radius 3 is 2.70 bits per heavy atom. The molecule has 0 atom stereocenters. The summed E-state index contributed by atoms with van der Waals surface area (Å²) in [6, 6.07) is 11.7. The largest absolute Gasteiger partial charge is 0.501 e. The van der Waals surface area contributed by atoms with E-state index < -0.39 is 0 Å². The number of allylic oxidation sites excluding steroid dienone is 4. The number of carbonyl (C=O) groups excluding carboxylic acids is 1. The van der Waals surface area contributed by atoms with E-state index >= 15 is 0 Å². The molecule has 1 aromatic heterocycles. The molecule has 0 spiro atoms. The Bertz CT molecular complexity index is 783. The Balaban J connectivity index is 1.89. The predicted molar refractivity (Wildman–Crippen MR) is 93.0 cm³/mol. The molecule has 3 nitrogen and oxygen atoms in total.